The van der Waals surface area contributed by atoms with Crippen molar-refractivity contribution in [2.45, 2.75) is 25.1 Å². The highest BCUT2D eigenvalue weighted by molar-refractivity contribution is 7.15. The van der Waals surface area contributed by atoms with Gasteiger partial charge in [0.1, 0.15) is 10.6 Å². The number of hydrogen-bond donors (Lipinski definition) is 4. The highest BCUT2D eigenvalue weighted by Crippen LogP contribution is 2.28. The quantitative estimate of drug-likeness (QED) is 0.554. The molecule has 0 aliphatic carbocycles. The molecule has 158 valence electrons. The Labute approximate surface area is 174 Å². The molecule has 5 N–H and O–H groups in total. The van der Waals surface area contributed by atoms with Crippen LogP contribution in [0.2, 0.25) is 0 Å². The molecule has 0 bridgehead atoms. The van der Waals surface area contributed by atoms with E-state index in [0.29, 0.717) is 11.4 Å². The van der Waals surface area contributed by atoms with Crippen LogP contribution in [0.3, 0.4) is 0 Å². The maximum Gasteiger partial charge on any atom is 0.433 e. The van der Waals surface area contributed by atoms with E-state index in [1.54, 1.807) is 0 Å². The molecular weight excluding hydrogens is 419 g/mol. The van der Waals surface area contributed by atoms with Gasteiger partial charge in [-0.2, -0.15) is 13.2 Å². The summed E-state index contributed by atoms with van der Waals surface area (Å²) in [6, 6.07) is 2.70. The molecule has 0 radical (unpaired) electrons. The van der Waals surface area contributed by atoms with Crippen molar-refractivity contribution in [3.63, 3.8) is 0 Å². The molecule has 30 heavy (non-hydrogen) atoms. The Balaban J connectivity index is 1.79. The molecule has 0 spiro atoms. The maximum absolute atomic E-state index is 12.6. The molecule has 1 atom stereocenters. The second-order valence-corrected chi connectivity index (χ2v) is 7.59. The van der Waals surface area contributed by atoms with Gasteiger partial charge in [0, 0.05) is 24.3 Å². The summed E-state index contributed by atoms with van der Waals surface area (Å²) >= 11 is 1.05. The van der Waals surface area contributed by atoms with Crippen LogP contribution in [0, 0.1) is 11.8 Å². The third-order valence-electron chi connectivity index (χ3n) is 4.21. The molecule has 1 saturated heterocycles. The normalized spacial score (nSPS) is 16.3. The van der Waals surface area contributed by atoms with E-state index >= 15 is 0 Å². The van der Waals surface area contributed by atoms with Gasteiger partial charge in [0.05, 0.1) is 10.6 Å². The Bertz CT molecular complexity index is 986. The van der Waals surface area contributed by atoms with Gasteiger partial charge in [0.25, 0.3) is 5.91 Å². The van der Waals surface area contributed by atoms with Crippen LogP contribution in [-0.4, -0.2) is 36.1 Å². The van der Waals surface area contributed by atoms with E-state index < -0.39 is 17.9 Å². The summed E-state index contributed by atoms with van der Waals surface area (Å²) in [7, 11) is 0. The summed E-state index contributed by atoms with van der Waals surface area (Å²) in [6.07, 6.45) is -1.71. The van der Waals surface area contributed by atoms with Crippen molar-refractivity contribution < 1.29 is 22.8 Å². The van der Waals surface area contributed by atoms with Gasteiger partial charge in [-0.25, -0.2) is 4.79 Å². The van der Waals surface area contributed by atoms with Gasteiger partial charge >= 0.3 is 12.2 Å². The van der Waals surface area contributed by atoms with Crippen LogP contribution in [-0.2, 0) is 6.18 Å². The van der Waals surface area contributed by atoms with Crippen LogP contribution in [0.1, 0.15) is 38.6 Å². The average molecular weight is 437 g/mol. The van der Waals surface area contributed by atoms with Crippen molar-refractivity contribution in [2.75, 3.05) is 18.4 Å². The standard InChI is InChI=1S/C19H18F3N5O2S/c20-19(21,22)15-6-4-11(9-25-15)3-5-13-8-14(27-18(23)29)16(30-13)17(28)26-12-2-1-7-24-10-12/h4,6,8-9,12,24H,1-2,7,10H2,(H,26,28)(H3,23,27,29). The lowest BCUT2D eigenvalue weighted by Crippen LogP contribution is -2.45. The first-order chi connectivity index (χ1) is 14.2. The van der Waals surface area contributed by atoms with Gasteiger partial charge in [-0.15, -0.1) is 11.3 Å². The van der Waals surface area contributed by atoms with E-state index in [0.717, 1.165) is 43.0 Å². The largest absolute Gasteiger partial charge is 0.433 e. The molecule has 1 aliphatic heterocycles. The molecule has 11 heteroatoms. The van der Waals surface area contributed by atoms with E-state index in [9.17, 15) is 22.8 Å². The SMILES string of the molecule is NC(=O)Nc1cc(C#Cc2ccc(C(F)(F)F)nc2)sc1C(=O)NC1CCCNC1. The van der Waals surface area contributed by atoms with Crippen LogP contribution >= 0.6 is 11.3 Å². The number of hydrogen-bond acceptors (Lipinski definition) is 5. The number of nitrogens with two attached hydrogens (primary N) is 1. The average Bonchev–Trinajstić information content (AvgIpc) is 3.09. The number of alkyl halides is 3. The zero-order valence-electron chi connectivity index (χ0n) is 15.6. The molecule has 1 fully saturated rings. The highest BCUT2D eigenvalue weighted by atomic mass is 32.1. The summed E-state index contributed by atoms with van der Waals surface area (Å²) < 4.78 is 37.7. The number of piperidine rings is 1. The second kappa shape index (κ2) is 9.15. The zero-order chi connectivity index (χ0) is 21.7. The first-order valence-corrected chi connectivity index (χ1v) is 9.81. The van der Waals surface area contributed by atoms with E-state index in [4.69, 9.17) is 5.73 Å². The van der Waals surface area contributed by atoms with Crippen LogP contribution in [0.15, 0.2) is 24.4 Å². The minimum Gasteiger partial charge on any atom is -0.351 e. The van der Waals surface area contributed by atoms with E-state index in [2.05, 4.69) is 32.8 Å². The summed E-state index contributed by atoms with van der Waals surface area (Å²) in [5, 5.41) is 8.51. The Morgan fingerprint density at radius 1 is 1.30 bits per heavy atom. The molecule has 1 aliphatic rings. The lowest BCUT2D eigenvalue weighted by molar-refractivity contribution is -0.141. The predicted octanol–water partition coefficient (Wildman–Crippen LogP) is 2.53. The number of nitrogens with zero attached hydrogens (tertiary/aromatic N) is 1. The number of rotatable bonds is 3. The molecule has 0 saturated carbocycles. The summed E-state index contributed by atoms with van der Waals surface area (Å²) in [4.78, 5) is 28.0. The van der Waals surface area contributed by atoms with Gasteiger partial charge in [-0.05, 0) is 37.6 Å². The van der Waals surface area contributed by atoms with Crippen molar-refractivity contribution >= 4 is 29.0 Å². The van der Waals surface area contributed by atoms with E-state index in [1.165, 1.54) is 12.1 Å². The number of primary amides is 1. The first kappa shape index (κ1) is 21.6. The number of urea groups is 1. The van der Waals surface area contributed by atoms with E-state index in [1.807, 2.05) is 0 Å². The van der Waals surface area contributed by atoms with E-state index in [-0.39, 0.29) is 28.1 Å². The number of halogens is 3. The first-order valence-electron chi connectivity index (χ1n) is 8.99. The fraction of sp³-hybridized carbons (Fsp3) is 0.316. The Hall–Kier alpha value is -3.10. The highest BCUT2D eigenvalue weighted by Gasteiger charge is 2.31. The fourth-order valence-electron chi connectivity index (χ4n) is 2.84. The molecule has 2 aromatic rings. The number of thiophene rings is 1. The maximum atomic E-state index is 12.6. The number of pyridine rings is 1. The second-order valence-electron chi connectivity index (χ2n) is 6.54. The molecule has 2 aromatic heterocycles. The Morgan fingerprint density at radius 2 is 2.10 bits per heavy atom. The van der Waals surface area contributed by atoms with Gasteiger partial charge in [-0.1, -0.05) is 11.8 Å². The number of anilines is 1. The number of carbonyl (C=O) groups excluding carboxylic acids is 2. The molecule has 3 rings (SSSR count). The van der Waals surface area contributed by atoms with Crippen molar-refractivity contribution in [1.82, 2.24) is 15.6 Å². The summed E-state index contributed by atoms with van der Waals surface area (Å²) in [6.45, 7) is 1.56. The van der Waals surface area contributed by atoms with Crippen molar-refractivity contribution in [1.29, 1.82) is 0 Å². The zero-order valence-corrected chi connectivity index (χ0v) is 16.4. The minimum atomic E-state index is -4.52. The molecule has 1 unspecified atom stereocenters. The predicted molar refractivity (Wildman–Crippen MR) is 106 cm³/mol. The van der Waals surface area contributed by atoms with Crippen molar-refractivity contribution in [3.05, 3.63) is 45.4 Å². The third-order valence-corrected chi connectivity index (χ3v) is 5.26. The van der Waals surface area contributed by atoms with Crippen molar-refractivity contribution in [2.24, 2.45) is 5.73 Å². The van der Waals surface area contributed by atoms with Gasteiger partial charge < -0.3 is 21.7 Å². The molecule has 3 heterocycles. The fourth-order valence-corrected chi connectivity index (χ4v) is 3.71. The lowest BCUT2D eigenvalue weighted by Gasteiger charge is -2.23. The number of amides is 3. The van der Waals surface area contributed by atoms with Crippen LogP contribution < -0.4 is 21.7 Å². The molecule has 7 nitrogen and oxygen atoms in total. The molecule has 0 aromatic carbocycles. The lowest BCUT2D eigenvalue weighted by atomic mass is 10.1. The number of nitrogens with one attached hydrogen (secondary N) is 3. The van der Waals surface area contributed by atoms with Crippen LogP contribution in [0.4, 0.5) is 23.7 Å². The molecule has 3 amide bonds. The van der Waals surface area contributed by atoms with Crippen LogP contribution in [0.5, 0.6) is 0 Å². The van der Waals surface area contributed by atoms with Gasteiger partial charge in [-0.3, -0.25) is 9.78 Å². The van der Waals surface area contributed by atoms with Crippen LogP contribution in [0.25, 0.3) is 0 Å². The smallest absolute Gasteiger partial charge is 0.351 e. The number of carbonyl (C=O) groups is 2. The summed E-state index contributed by atoms with van der Waals surface area (Å²) in [5.41, 5.74) is 4.68. The number of aromatic nitrogens is 1. The topological polar surface area (TPSA) is 109 Å². The Kier molecular flexibility index (Phi) is 6.59. The van der Waals surface area contributed by atoms with Crippen molar-refractivity contribution in [3.8, 4) is 11.8 Å². The summed E-state index contributed by atoms with van der Waals surface area (Å²) in [5.74, 6) is 5.11. The minimum absolute atomic E-state index is 0.0254. The Morgan fingerprint density at radius 3 is 2.70 bits per heavy atom. The van der Waals surface area contributed by atoms with Gasteiger partial charge in [0.2, 0.25) is 0 Å². The monoisotopic (exact) mass is 437 g/mol. The molecular formula is C19H18F3N5O2S. The third kappa shape index (κ3) is 5.71. The van der Waals surface area contributed by atoms with Gasteiger partial charge in [0.15, 0.2) is 0 Å².